The summed E-state index contributed by atoms with van der Waals surface area (Å²) in [5.74, 6) is -0.648. The number of nitrogens with one attached hydrogen (secondary N) is 2. The van der Waals surface area contributed by atoms with Crippen LogP contribution in [0, 0.1) is 36.5 Å². The van der Waals surface area contributed by atoms with E-state index in [1.165, 1.54) is 16.2 Å². The zero-order chi connectivity index (χ0) is 31.0. The van der Waals surface area contributed by atoms with Crippen LogP contribution in [0.5, 0.6) is 5.75 Å². The van der Waals surface area contributed by atoms with Crippen molar-refractivity contribution in [3.63, 3.8) is 0 Å². The smallest absolute Gasteiger partial charge is 0.305 e. The summed E-state index contributed by atoms with van der Waals surface area (Å²) in [4.78, 5) is 58.1. The average Bonchev–Trinajstić information content (AvgIpc) is 3.77. The number of amides is 3. The standard InChI is InChI=1S/C34H28ClN3O5S2/c1-16-4-2-3-5-23(16)36-24(39)15-43-20-12-6-17(7-13-20)25-26-21-14-22(29(26)44-31-30(25)45-34(42)37-31)28-27(21)32(40)38(33(28)41)19-10-8-18(35)9-11-19/h2-13,21-22,25-29H,14-15H2,1H3,(H,36,39)(H,37,42)/t21-,22-,25+,26-,27+,28+,29-/m1/s1. The number of rotatable bonds is 6. The van der Waals surface area contributed by atoms with Crippen LogP contribution in [0.1, 0.15) is 28.3 Å². The van der Waals surface area contributed by atoms with Gasteiger partial charge in [-0.25, -0.2) is 0 Å². The molecule has 7 atom stereocenters. The number of nitrogens with zero attached hydrogens (tertiary/aromatic N) is 1. The van der Waals surface area contributed by atoms with E-state index in [1.807, 2.05) is 55.5 Å². The van der Waals surface area contributed by atoms with Crippen molar-refractivity contribution in [1.82, 2.24) is 4.98 Å². The lowest BCUT2D eigenvalue weighted by atomic mass is 9.68. The van der Waals surface area contributed by atoms with E-state index in [0.29, 0.717) is 16.5 Å². The summed E-state index contributed by atoms with van der Waals surface area (Å²) in [6.07, 6.45) is 0.816. The zero-order valence-corrected chi connectivity index (χ0v) is 26.5. The first kappa shape index (κ1) is 28.6. The van der Waals surface area contributed by atoms with Gasteiger partial charge in [0.05, 0.1) is 22.5 Å². The lowest BCUT2D eigenvalue weighted by Crippen LogP contribution is -2.42. The lowest BCUT2D eigenvalue weighted by molar-refractivity contribution is -0.123. The molecule has 0 spiro atoms. The number of aromatic nitrogens is 1. The molecule has 2 bridgehead atoms. The summed E-state index contributed by atoms with van der Waals surface area (Å²) >= 11 is 8.97. The molecule has 4 aromatic rings. The number of carbonyl (C=O) groups excluding carboxylic acids is 3. The van der Waals surface area contributed by atoms with Crippen molar-refractivity contribution >= 4 is 63.8 Å². The van der Waals surface area contributed by atoms with Crippen LogP contribution in [0.3, 0.4) is 0 Å². The first-order valence-electron chi connectivity index (χ1n) is 14.9. The van der Waals surface area contributed by atoms with Gasteiger partial charge in [-0.05, 0) is 84.7 Å². The van der Waals surface area contributed by atoms with E-state index < -0.39 is 0 Å². The van der Waals surface area contributed by atoms with E-state index in [9.17, 15) is 19.2 Å². The number of fused-ring (bicyclic) bond motifs is 9. The van der Waals surface area contributed by atoms with Gasteiger partial charge in [0.2, 0.25) is 11.8 Å². The fraction of sp³-hybridized carbons (Fsp3) is 0.294. The summed E-state index contributed by atoms with van der Waals surface area (Å²) in [5.41, 5.74) is 3.30. The number of thioether (sulfide) groups is 1. The first-order valence-corrected chi connectivity index (χ1v) is 17.0. The third-order valence-electron chi connectivity index (χ3n) is 9.84. The Hall–Kier alpha value is -3.86. The van der Waals surface area contributed by atoms with Gasteiger partial charge in [-0.3, -0.25) is 24.1 Å². The highest BCUT2D eigenvalue weighted by atomic mass is 35.5. The largest absolute Gasteiger partial charge is 0.484 e. The number of H-pyrrole nitrogens is 1. The van der Waals surface area contributed by atoms with Gasteiger partial charge >= 0.3 is 4.87 Å². The fourth-order valence-corrected chi connectivity index (χ4v) is 11.1. The Balaban J connectivity index is 1.06. The number of aryl methyl sites for hydroxylation is 1. The van der Waals surface area contributed by atoms with Gasteiger partial charge in [0.15, 0.2) is 6.61 Å². The lowest BCUT2D eigenvalue weighted by Gasteiger charge is -2.43. The van der Waals surface area contributed by atoms with Crippen LogP contribution in [0.2, 0.25) is 5.02 Å². The highest BCUT2D eigenvalue weighted by Crippen LogP contribution is 2.68. The Bertz CT molecular complexity index is 1910. The Morgan fingerprint density at radius 1 is 0.978 bits per heavy atom. The van der Waals surface area contributed by atoms with Crippen molar-refractivity contribution in [2.75, 3.05) is 16.8 Å². The van der Waals surface area contributed by atoms with Crippen LogP contribution in [-0.2, 0) is 14.4 Å². The molecule has 3 heterocycles. The van der Waals surface area contributed by atoms with Crippen molar-refractivity contribution in [3.05, 3.63) is 103 Å². The van der Waals surface area contributed by atoms with Crippen molar-refractivity contribution < 1.29 is 19.1 Å². The molecule has 0 unspecified atom stereocenters. The molecule has 2 N–H and O–H groups in total. The summed E-state index contributed by atoms with van der Waals surface area (Å²) in [6, 6.07) is 22.1. The number of thiazole rings is 1. The van der Waals surface area contributed by atoms with E-state index in [0.717, 1.165) is 33.1 Å². The molecule has 8 rings (SSSR count). The van der Waals surface area contributed by atoms with Gasteiger partial charge in [0.25, 0.3) is 5.91 Å². The quantitative estimate of drug-likeness (QED) is 0.243. The van der Waals surface area contributed by atoms with Crippen LogP contribution in [-0.4, -0.2) is 34.6 Å². The van der Waals surface area contributed by atoms with Crippen molar-refractivity contribution in [1.29, 1.82) is 0 Å². The van der Waals surface area contributed by atoms with Crippen LogP contribution >= 0.6 is 34.7 Å². The minimum atomic E-state index is -0.380. The van der Waals surface area contributed by atoms with Gasteiger partial charge in [-0.15, -0.1) is 11.8 Å². The molecular weight excluding hydrogens is 630 g/mol. The minimum Gasteiger partial charge on any atom is -0.484 e. The summed E-state index contributed by atoms with van der Waals surface area (Å²) in [7, 11) is 0. The third kappa shape index (κ3) is 4.64. The molecule has 2 saturated carbocycles. The average molecular weight is 658 g/mol. The van der Waals surface area contributed by atoms with Gasteiger partial charge in [-0.2, -0.15) is 0 Å². The SMILES string of the molecule is Cc1ccccc1NC(=O)COc1ccc([C@@H]2c3sc(=O)[nH]c3S[C@@H]3[C@@H]4C[C@@H]([C@@H]5C(=O)N(c6ccc(Cl)cc6)C(=O)[C@@H]45)[C@H]23)cc1. The second-order valence-electron chi connectivity index (χ2n) is 12.2. The Morgan fingerprint density at radius 3 is 2.42 bits per heavy atom. The van der Waals surface area contributed by atoms with Crippen LogP contribution in [0.15, 0.2) is 82.6 Å². The molecule has 1 aromatic heterocycles. The summed E-state index contributed by atoms with van der Waals surface area (Å²) < 4.78 is 5.81. The number of para-hydroxylation sites is 1. The minimum absolute atomic E-state index is 0.0164. The predicted molar refractivity (Wildman–Crippen MR) is 174 cm³/mol. The maximum Gasteiger partial charge on any atom is 0.305 e. The first-order chi connectivity index (χ1) is 21.8. The molecule has 3 aromatic carbocycles. The number of ether oxygens (including phenoxy) is 1. The number of halogens is 1. The van der Waals surface area contributed by atoms with Crippen molar-refractivity contribution in [3.8, 4) is 5.75 Å². The molecule has 0 radical (unpaired) electrons. The number of benzene rings is 3. The maximum absolute atomic E-state index is 13.9. The van der Waals surface area contributed by atoms with E-state index in [2.05, 4.69) is 10.3 Å². The molecule has 2 aliphatic carbocycles. The molecule has 3 amide bonds. The van der Waals surface area contributed by atoms with Gasteiger partial charge in [0.1, 0.15) is 5.75 Å². The highest BCUT2D eigenvalue weighted by molar-refractivity contribution is 8.00. The molecule has 1 saturated heterocycles. The number of aromatic amines is 1. The van der Waals surface area contributed by atoms with Gasteiger partial charge in [0, 0.05) is 26.8 Å². The second-order valence-corrected chi connectivity index (χ2v) is 14.8. The zero-order valence-electron chi connectivity index (χ0n) is 24.1. The molecule has 2 aliphatic heterocycles. The van der Waals surface area contributed by atoms with Gasteiger partial charge < -0.3 is 15.0 Å². The molecular formula is C34H28ClN3O5S2. The van der Waals surface area contributed by atoms with Crippen molar-refractivity contribution in [2.45, 2.75) is 29.5 Å². The Morgan fingerprint density at radius 2 is 1.69 bits per heavy atom. The number of carbonyl (C=O) groups is 3. The maximum atomic E-state index is 13.9. The van der Waals surface area contributed by atoms with Crippen LogP contribution in [0.25, 0.3) is 0 Å². The van der Waals surface area contributed by atoms with Gasteiger partial charge in [-0.1, -0.05) is 53.3 Å². The van der Waals surface area contributed by atoms with E-state index in [4.69, 9.17) is 16.3 Å². The Kier molecular flexibility index (Phi) is 6.92. The monoisotopic (exact) mass is 657 g/mol. The molecule has 8 nitrogen and oxygen atoms in total. The third-order valence-corrected chi connectivity index (χ3v) is 12.7. The molecule has 3 fully saturated rings. The van der Waals surface area contributed by atoms with E-state index >= 15 is 0 Å². The summed E-state index contributed by atoms with van der Waals surface area (Å²) in [6.45, 7) is 1.80. The van der Waals surface area contributed by atoms with E-state index in [1.54, 1.807) is 36.0 Å². The number of hydrogen-bond acceptors (Lipinski definition) is 7. The molecule has 4 aliphatic rings. The molecule has 45 heavy (non-hydrogen) atoms. The normalized spacial score (nSPS) is 27.7. The predicted octanol–water partition coefficient (Wildman–Crippen LogP) is 6.09. The second kappa shape index (κ2) is 10.9. The van der Waals surface area contributed by atoms with Crippen LogP contribution < -0.4 is 19.8 Å². The number of imide groups is 1. The fourth-order valence-electron chi connectivity index (χ4n) is 8.05. The number of anilines is 2. The molecule has 228 valence electrons. The van der Waals surface area contributed by atoms with Crippen LogP contribution in [0.4, 0.5) is 11.4 Å². The summed E-state index contributed by atoms with van der Waals surface area (Å²) in [5, 5.41) is 4.39. The highest BCUT2D eigenvalue weighted by Gasteiger charge is 2.69. The number of hydrogen-bond donors (Lipinski definition) is 2. The van der Waals surface area contributed by atoms with E-state index in [-0.39, 0.29) is 70.0 Å². The topological polar surface area (TPSA) is 109 Å². The molecule has 11 heteroatoms. The Labute approximate surface area is 272 Å². The van der Waals surface area contributed by atoms with Crippen molar-refractivity contribution in [2.24, 2.45) is 29.6 Å².